The predicted molar refractivity (Wildman–Crippen MR) is 265 cm³/mol. The number of benzene rings is 9. The van der Waals surface area contributed by atoms with Crippen molar-refractivity contribution in [2.45, 2.75) is 11.8 Å². The molecule has 2 aliphatic rings. The van der Waals surface area contributed by atoms with Crippen molar-refractivity contribution >= 4 is 28.4 Å². The zero-order valence-electron chi connectivity index (χ0n) is 37.4. The molecule has 1 saturated carbocycles. The van der Waals surface area contributed by atoms with Crippen LogP contribution in [-0.4, -0.2) is 0 Å². The largest absolute Gasteiger partial charge is 0.309 e. The molecule has 1 fully saturated rings. The normalized spacial score (nSPS) is 15.8. The Morgan fingerprint density at radius 1 is 0.352 bits per heavy atom. The predicted octanol–water partition coefficient (Wildman–Crippen LogP) is 17.5. The molecule has 2 aliphatic carbocycles. The van der Waals surface area contributed by atoms with E-state index in [9.17, 15) is 0 Å². The van der Waals surface area contributed by atoms with Gasteiger partial charge in [0.25, 0.3) is 0 Å². The van der Waals surface area contributed by atoms with Gasteiger partial charge in [-0.25, -0.2) is 35.1 Å². The Hall–Kier alpha value is -8.50. The highest BCUT2D eigenvalue weighted by molar-refractivity contribution is 5.85. The molecule has 71 heavy (non-hydrogen) atoms. The third-order valence-electron chi connectivity index (χ3n) is 13.4. The number of halogens is 8. The fraction of sp³-hybridized carbons (Fsp3) is 0.0492. The number of anilines is 5. The van der Waals surface area contributed by atoms with E-state index in [1.807, 2.05) is 54.6 Å². The highest BCUT2D eigenvalue weighted by Crippen LogP contribution is 2.62. The monoisotopic (exact) mass is 950 g/mol. The van der Waals surface area contributed by atoms with Gasteiger partial charge in [0.15, 0.2) is 46.5 Å². The Morgan fingerprint density at radius 3 is 1.08 bits per heavy atom. The van der Waals surface area contributed by atoms with Crippen molar-refractivity contribution in [2.24, 2.45) is 5.92 Å². The third-order valence-corrected chi connectivity index (χ3v) is 13.4. The first-order valence-corrected chi connectivity index (χ1v) is 22.8. The SMILES string of the molecule is Fc1c(F)c(N(C2=CC=CC3(c4ccccc4)CC23)c2cccc(-c3ccccc3)c2)c(F)c(F)c1-c1c(F)c(F)c(N(c2cccc(-c3ccccc3)c2)c2cccc(-c3ccccc3)c2)c(F)c1F. The van der Waals surface area contributed by atoms with Gasteiger partial charge in [0, 0.05) is 34.1 Å². The lowest BCUT2D eigenvalue weighted by Gasteiger charge is -2.32. The van der Waals surface area contributed by atoms with E-state index in [4.69, 9.17) is 0 Å². The minimum absolute atomic E-state index is 0.0509. The van der Waals surface area contributed by atoms with Gasteiger partial charge in [-0.3, -0.25) is 0 Å². The van der Waals surface area contributed by atoms with Gasteiger partial charge in [0.05, 0.1) is 11.1 Å². The molecule has 2 nitrogen and oxygen atoms in total. The van der Waals surface area contributed by atoms with Crippen molar-refractivity contribution in [3.63, 3.8) is 0 Å². The zero-order chi connectivity index (χ0) is 49.0. The number of hydrogen-bond acceptors (Lipinski definition) is 2. The fourth-order valence-electron chi connectivity index (χ4n) is 9.91. The number of allylic oxidation sites excluding steroid dienone is 4. The van der Waals surface area contributed by atoms with Gasteiger partial charge in [-0.05, 0) is 87.8 Å². The van der Waals surface area contributed by atoms with Crippen LogP contribution in [0.2, 0.25) is 0 Å². The Kier molecular flexibility index (Phi) is 11.5. The van der Waals surface area contributed by atoms with Gasteiger partial charge in [0.1, 0.15) is 11.4 Å². The molecule has 0 bridgehead atoms. The first-order chi connectivity index (χ1) is 34.6. The maximum Gasteiger partial charge on any atom is 0.186 e. The van der Waals surface area contributed by atoms with Crippen molar-refractivity contribution in [1.82, 2.24) is 0 Å². The van der Waals surface area contributed by atoms with Crippen molar-refractivity contribution in [3.8, 4) is 44.5 Å². The standard InChI is InChI=1S/C61H38F8N2/c62-51-49(52(63)56(67)59(55(51)66)70(44-28-13-23-40(33-44)37-17-5-1-6-18-37)45-29-14-24-41(34-45)38-19-7-2-8-20-38)50-53(64)57(68)60(58(69)54(50)65)71(46-30-15-25-42(35-46)39-21-9-3-10-22-39)48-31-16-32-61(36-47(48)61)43-26-11-4-12-27-43/h1-35,47H,36H2. The molecule has 0 heterocycles. The number of hydrogen-bond donors (Lipinski definition) is 0. The molecule has 0 spiro atoms. The molecule has 9 aromatic carbocycles. The molecule has 0 radical (unpaired) electrons. The van der Waals surface area contributed by atoms with Gasteiger partial charge in [-0.15, -0.1) is 0 Å². The van der Waals surface area contributed by atoms with Gasteiger partial charge < -0.3 is 9.80 Å². The molecule has 0 N–H and O–H groups in total. The van der Waals surface area contributed by atoms with Crippen LogP contribution < -0.4 is 9.80 Å². The van der Waals surface area contributed by atoms with E-state index in [-0.39, 0.29) is 22.8 Å². The van der Waals surface area contributed by atoms with E-state index in [1.165, 1.54) is 18.2 Å². The second kappa shape index (κ2) is 18.1. The summed E-state index contributed by atoms with van der Waals surface area (Å²) in [6, 6.07) is 55.6. The summed E-state index contributed by atoms with van der Waals surface area (Å²) in [4.78, 5) is 2.01. The molecule has 0 aromatic heterocycles. The van der Waals surface area contributed by atoms with Gasteiger partial charge in [-0.2, -0.15) is 0 Å². The van der Waals surface area contributed by atoms with Crippen molar-refractivity contribution < 1.29 is 35.1 Å². The second-order valence-electron chi connectivity index (χ2n) is 17.5. The van der Waals surface area contributed by atoms with Crippen LogP contribution in [0.5, 0.6) is 0 Å². The first kappa shape index (κ1) is 45.0. The van der Waals surface area contributed by atoms with E-state index in [1.54, 1.807) is 140 Å². The lowest BCUT2D eigenvalue weighted by molar-refractivity contribution is 0.444. The van der Waals surface area contributed by atoms with Crippen LogP contribution in [0, 0.1) is 52.5 Å². The Balaban J connectivity index is 1.08. The van der Waals surface area contributed by atoms with Crippen LogP contribution in [0.4, 0.5) is 63.6 Å². The van der Waals surface area contributed by atoms with E-state index < -0.39 is 80.4 Å². The van der Waals surface area contributed by atoms with E-state index in [0.717, 1.165) is 20.9 Å². The summed E-state index contributed by atoms with van der Waals surface area (Å²) in [5, 5.41) is 0. The lowest BCUT2D eigenvalue weighted by Crippen LogP contribution is -2.26. The lowest BCUT2D eigenvalue weighted by atomic mass is 9.88. The molecular weight excluding hydrogens is 913 g/mol. The van der Waals surface area contributed by atoms with Crippen molar-refractivity contribution in [2.75, 3.05) is 9.80 Å². The van der Waals surface area contributed by atoms with Crippen LogP contribution >= 0.6 is 0 Å². The molecule has 2 atom stereocenters. The van der Waals surface area contributed by atoms with Crippen molar-refractivity contribution in [1.29, 1.82) is 0 Å². The summed E-state index contributed by atoms with van der Waals surface area (Å²) in [5.74, 6) is -17.8. The molecule has 10 heteroatoms. The van der Waals surface area contributed by atoms with Crippen LogP contribution in [0.1, 0.15) is 12.0 Å². The fourth-order valence-corrected chi connectivity index (χ4v) is 9.91. The van der Waals surface area contributed by atoms with Crippen molar-refractivity contribution in [3.05, 3.63) is 270 Å². The summed E-state index contributed by atoms with van der Waals surface area (Å²) >= 11 is 0. The number of fused-ring (bicyclic) bond motifs is 1. The number of nitrogens with zero attached hydrogens (tertiary/aromatic N) is 2. The van der Waals surface area contributed by atoms with E-state index >= 15 is 35.1 Å². The van der Waals surface area contributed by atoms with E-state index in [0.29, 0.717) is 34.2 Å². The maximum atomic E-state index is 17.2. The van der Waals surface area contributed by atoms with Crippen LogP contribution in [0.25, 0.3) is 44.5 Å². The first-order valence-electron chi connectivity index (χ1n) is 22.8. The Labute approximate surface area is 404 Å². The average molecular weight is 951 g/mol. The summed E-state index contributed by atoms with van der Waals surface area (Å²) in [6.45, 7) is 0. The van der Waals surface area contributed by atoms with Gasteiger partial charge in [-0.1, -0.05) is 170 Å². The summed E-state index contributed by atoms with van der Waals surface area (Å²) in [6.07, 6.45) is 5.74. The van der Waals surface area contributed by atoms with Crippen LogP contribution in [0.15, 0.2) is 218 Å². The summed E-state index contributed by atoms with van der Waals surface area (Å²) in [7, 11) is 0. The van der Waals surface area contributed by atoms with E-state index in [2.05, 4.69) is 0 Å². The molecule has 0 amide bonds. The highest BCUT2D eigenvalue weighted by Gasteiger charge is 2.58. The molecule has 0 saturated heterocycles. The van der Waals surface area contributed by atoms with Gasteiger partial charge >= 0.3 is 0 Å². The average Bonchev–Trinajstić information content (AvgIpc) is 4.19. The van der Waals surface area contributed by atoms with Crippen LogP contribution in [-0.2, 0) is 5.41 Å². The molecule has 2 unspecified atom stereocenters. The molecule has 0 aliphatic heterocycles. The molecular formula is C61H38F8N2. The van der Waals surface area contributed by atoms with Crippen LogP contribution in [0.3, 0.4) is 0 Å². The maximum absolute atomic E-state index is 17.2. The molecule has 9 aromatic rings. The molecule has 348 valence electrons. The summed E-state index contributed by atoms with van der Waals surface area (Å²) < 4.78 is 137. The number of rotatable bonds is 11. The quantitative estimate of drug-likeness (QED) is 0.0942. The third kappa shape index (κ3) is 7.76. The minimum atomic E-state index is -2.29. The zero-order valence-corrected chi connectivity index (χ0v) is 37.4. The second-order valence-corrected chi connectivity index (χ2v) is 17.5. The van der Waals surface area contributed by atoms with Gasteiger partial charge in [0.2, 0.25) is 0 Å². The summed E-state index contributed by atoms with van der Waals surface area (Å²) in [5.41, 5.74) is -1.76. The smallest absolute Gasteiger partial charge is 0.186 e. The topological polar surface area (TPSA) is 6.48 Å². The Morgan fingerprint density at radius 2 is 0.690 bits per heavy atom. The Bertz CT molecular complexity index is 3420. The highest BCUT2D eigenvalue weighted by atomic mass is 19.2. The minimum Gasteiger partial charge on any atom is -0.309 e. The molecule has 11 rings (SSSR count).